The molecule has 0 saturated heterocycles. The van der Waals surface area contributed by atoms with Crippen molar-refractivity contribution in [1.29, 1.82) is 0 Å². The molecule has 0 aromatic heterocycles. The number of aryl methyl sites for hydroxylation is 3. The summed E-state index contributed by atoms with van der Waals surface area (Å²) in [5, 5.41) is 2.83. The first kappa shape index (κ1) is 20.9. The highest BCUT2D eigenvalue weighted by molar-refractivity contribution is 7.92. The van der Waals surface area contributed by atoms with E-state index >= 15 is 0 Å². The summed E-state index contributed by atoms with van der Waals surface area (Å²) in [4.78, 5) is 13.1. The molecule has 6 nitrogen and oxygen atoms in total. The molecule has 1 aliphatic rings. The Balaban J connectivity index is 1.70. The van der Waals surface area contributed by atoms with Gasteiger partial charge in [-0.05, 0) is 68.3 Å². The van der Waals surface area contributed by atoms with Crippen LogP contribution in [-0.2, 0) is 14.8 Å². The average molecular weight is 437 g/mol. The average Bonchev–Trinajstić information content (AvgIpc) is 2.73. The van der Waals surface area contributed by atoms with Gasteiger partial charge in [0, 0.05) is 5.69 Å². The van der Waals surface area contributed by atoms with Gasteiger partial charge in [0.2, 0.25) is 0 Å². The van der Waals surface area contributed by atoms with Gasteiger partial charge in [-0.25, -0.2) is 8.42 Å². The number of hydrogen-bond donors (Lipinski definition) is 1. The van der Waals surface area contributed by atoms with Gasteiger partial charge in [-0.2, -0.15) is 0 Å². The first-order chi connectivity index (χ1) is 14.7. The van der Waals surface area contributed by atoms with E-state index < -0.39 is 22.0 Å². The topological polar surface area (TPSA) is 75.7 Å². The molecule has 0 radical (unpaired) electrons. The second-order valence-electron chi connectivity index (χ2n) is 7.79. The summed E-state index contributed by atoms with van der Waals surface area (Å²) >= 11 is 0. The Morgan fingerprint density at radius 3 is 2.32 bits per heavy atom. The highest BCUT2D eigenvalue weighted by Gasteiger charge is 2.37. The molecular weight excluding hydrogens is 412 g/mol. The van der Waals surface area contributed by atoms with Crippen molar-refractivity contribution in [3.63, 3.8) is 0 Å². The smallest absolute Gasteiger partial charge is 0.267 e. The summed E-state index contributed by atoms with van der Waals surface area (Å²) in [5.74, 6) is -0.0436. The Morgan fingerprint density at radius 1 is 0.935 bits per heavy atom. The summed E-state index contributed by atoms with van der Waals surface area (Å²) in [7, 11) is -3.88. The number of fused-ring (bicyclic) bond motifs is 1. The lowest BCUT2D eigenvalue weighted by atomic mass is 10.1. The predicted molar refractivity (Wildman–Crippen MR) is 121 cm³/mol. The lowest BCUT2D eigenvalue weighted by Gasteiger charge is -2.35. The van der Waals surface area contributed by atoms with Crippen molar-refractivity contribution in [2.24, 2.45) is 0 Å². The summed E-state index contributed by atoms with van der Waals surface area (Å²) in [6.45, 7) is 5.59. The van der Waals surface area contributed by atoms with Crippen molar-refractivity contribution in [2.75, 3.05) is 16.2 Å². The molecule has 4 rings (SSSR count). The Kier molecular flexibility index (Phi) is 5.45. The zero-order valence-electron chi connectivity index (χ0n) is 17.6. The molecule has 1 N–H and O–H groups in total. The van der Waals surface area contributed by atoms with Gasteiger partial charge in [0.15, 0.2) is 6.10 Å². The van der Waals surface area contributed by atoms with Crippen LogP contribution in [0.2, 0.25) is 0 Å². The number of carbonyl (C=O) groups excluding carboxylic acids is 1. The molecule has 0 bridgehead atoms. The van der Waals surface area contributed by atoms with Crippen LogP contribution < -0.4 is 14.4 Å². The number of sulfonamides is 1. The molecule has 1 amide bonds. The van der Waals surface area contributed by atoms with E-state index in [1.807, 2.05) is 45.0 Å². The Hall–Kier alpha value is -3.32. The number of rotatable bonds is 4. The van der Waals surface area contributed by atoms with E-state index in [0.717, 1.165) is 16.7 Å². The number of hydrogen-bond acceptors (Lipinski definition) is 4. The van der Waals surface area contributed by atoms with Crippen LogP contribution >= 0.6 is 0 Å². The van der Waals surface area contributed by atoms with Crippen molar-refractivity contribution in [3.05, 3.63) is 83.4 Å². The second kappa shape index (κ2) is 8.07. The predicted octanol–water partition coefficient (Wildman–Crippen LogP) is 4.21. The van der Waals surface area contributed by atoms with E-state index in [4.69, 9.17) is 4.74 Å². The molecule has 1 heterocycles. The van der Waals surface area contributed by atoms with Gasteiger partial charge in [0.1, 0.15) is 5.75 Å². The number of nitrogens with zero attached hydrogens (tertiary/aromatic N) is 1. The van der Waals surface area contributed by atoms with E-state index in [1.54, 1.807) is 42.5 Å². The lowest BCUT2D eigenvalue weighted by molar-refractivity contribution is -0.122. The fourth-order valence-electron chi connectivity index (χ4n) is 3.51. The molecule has 3 aromatic rings. The molecule has 3 aromatic carbocycles. The van der Waals surface area contributed by atoms with Gasteiger partial charge in [0.05, 0.1) is 17.1 Å². The first-order valence-electron chi connectivity index (χ1n) is 9.98. The van der Waals surface area contributed by atoms with Crippen LogP contribution in [0, 0.1) is 20.8 Å². The molecule has 0 fully saturated rings. The maximum atomic E-state index is 13.5. The zero-order chi connectivity index (χ0) is 22.2. The highest BCUT2D eigenvalue weighted by atomic mass is 32.2. The third kappa shape index (κ3) is 4.27. The SMILES string of the molecule is Cc1ccc(S(=O)(=O)N2CC(C(=O)Nc3cccc(C)c3)Oc3ccc(C)cc32)cc1. The Bertz CT molecular complexity index is 1240. The highest BCUT2D eigenvalue weighted by Crippen LogP contribution is 2.38. The monoisotopic (exact) mass is 436 g/mol. The normalized spacial score (nSPS) is 15.7. The molecule has 1 atom stereocenters. The molecule has 1 aliphatic heterocycles. The number of anilines is 2. The van der Waals surface area contributed by atoms with E-state index in [9.17, 15) is 13.2 Å². The number of benzene rings is 3. The van der Waals surface area contributed by atoms with Crippen LogP contribution in [0.25, 0.3) is 0 Å². The van der Waals surface area contributed by atoms with Gasteiger partial charge in [-0.1, -0.05) is 35.9 Å². The largest absolute Gasteiger partial charge is 0.476 e. The second-order valence-corrected chi connectivity index (χ2v) is 9.65. The van der Waals surface area contributed by atoms with E-state index in [1.165, 1.54) is 4.31 Å². The van der Waals surface area contributed by atoms with Crippen molar-refractivity contribution < 1.29 is 17.9 Å². The summed E-state index contributed by atoms with van der Waals surface area (Å²) < 4.78 is 34.1. The minimum Gasteiger partial charge on any atom is -0.476 e. The van der Waals surface area contributed by atoms with Gasteiger partial charge >= 0.3 is 0 Å². The minimum atomic E-state index is -3.88. The molecular formula is C24H24N2O4S. The number of carbonyl (C=O) groups is 1. The first-order valence-corrected chi connectivity index (χ1v) is 11.4. The fraction of sp³-hybridized carbons (Fsp3) is 0.208. The van der Waals surface area contributed by atoms with Crippen molar-refractivity contribution >= 4 is 27.3 Å². The third-order valence-electron chi connectivity index (χ3n) is 5.17. The maximum absolute atomic E-state index is 13.5. The maximum Gasteiger partial charge on any atom is 0.267 e. The standard InChI is InChI=1S/C24H24N2O4S/c1-16-7-10-20(11-8-16)31(28,29)26-15-23(30-22-12-9-18(3)14-21(22)26)24(27)25-19-6-4-5-17(2)13-19/h4-14,23H,15H2,1-3H3,(H,25,27). The van der Waals surface area contributed by atoms with Gasteiger partial charge in [-0.3, -0.25) is 9.10 Å². The summed E-state index contributed by atoms with van der Waals surface area (Å²) in [5.41, 5.74) is 3.94. The van der Waals surface area contributed by atoms with Crippen LogP contribution in [0.15, 0.2) is 71.6 Å². The molecule has 160 valence electrons. The van der Waals surface area contributed by atoms with Crippen LogP contribution in [0.4, 0.5) is 11.4 Å². The van der Waals surface area contributed by atoms with E-state index in [0.29, 0.717) is 17.1 Å². The van der Waals surface area contributed by atoms with Crippen molar-refractivity contribution in [1.82, 2.24) is 0 Å². The molecule has 0 saturated carbocycles. The van der Waals surface area contributed by atoms with Crippen LogP contribution in [0.1, 0.15) is 16.7 Å². The Labute approximate surface area is 182 Å². The zero-order valence-corrected chi connectivity index (χ0v) is 18.4. The fourth-order valence-corrected chi connectivity index (χ4v) is 4.98. The third-order valence-corrected chi connectivity index (χ3v) is 6.96. The van der Waals surface area contributed by atoms with Gasteiger partial charge in [-0.15, -0.1) is 0 Å². The minimum absolute atomic E-state index is 0.121. The molecule has 0 spiro atoms. The van der Waals surface area contributed by atoms with Crippen molar-refractivity contribution in [2.45, 2.75) is 31.8 Å². The number of ether oxygens (including phenoxy) is 1. The van der Waals surface area contributed by atoms with E-state index in [2.05, 4.69) is 5.32 Å². The quantitative estimate of drug-likeness (QED) is 0.665. The molecule has 1 unspecified atom stereocenters. The summed E-state index contributed by atoms with van der Waals surface area (Å²) in [6, 6.07) is 19.4. The number of nitrogens with one attached hydrogen (secondary N) is 1. The Morgan fingerprint density at radius 2 is 1.61 bits per heavy atom. The van der Waals surface area contributed by atoms with Crippen molar-refractivity contribution in [3.8, 4) is 5.75 Å². The number of amides is 1. The molecule has 7 heteroatoms. The van der Waals surface area contributed by atoms with Gasteiger partial charge in [0.25, 0.3) is 15.9 Å². The molecule has 0 aliphatic carbocycles. The van der Waals surface area contributed by atoms with Crippen LogP contribution in [-0.4, -0.2) is 27.0 Å². The van der Waals surface area contributed by atoms with Crippen LogP contribution in [0.3, 0.4) is 0 Å². The summed E-state index contributed by atoms with van der Waals surface area (Å²) in [6.07, 6.45) is -0.990. The van der Waals surface area contributed by atoms with E-state index in [-0.39, 0.29) is 11.4 Å². The van der Waals surface area contributed by atoms with Gasteiger partial charge < -0.3 is 10.1 Å². The van der Waals surface area contributed by atoms with Crippen LogP contribution in [0.5, 0.6) is 5.75 Å². The molecule has 31 heavy (non-hydrogen) atoms. The lowest BCUT2D eigenvalue weighted by Crippen LogP contribution is -2.48.